The van der Waals surface area contributed by atoms with E-state index in [1.807, 2.05) is 0 Å². The number of rotatable bonds is 14. The topological polar surface area (TPSA) is 29.5 Å². The summed E-state index contributed by atoms with van der Waals surface area (Å²) < 4.78 is 5.89. The first-order valence-electron chi connectivity index (χ1n) is 14.1. The van der Waals surface area contributed by atoms with E-state index in [4.69, 9.17) is 9.84 Å². The second-order valence-electron chi connectivity index (χ2n) is 9.51. The third-order valence-electron chi connectivity index (χ3n) is 6.42. The van der Waals surface area contributed by atoms with Gasteiger partial charge >= 0.3 is 0 Å². The molecule has 2 nitrogen and oxygen atoms in total. The van der Waals surface area contributed by atoms with Crippen molar-refractivity contribution in [1.29, 1.82) is 0 Å². The van der Waals surface area contributed by atoms with Crippen LogP contribution in [-0.4, -0.2) is 24.4 Å². The maximum Gasteiger partial charge on any atom is 0.0575 e. The minimum atomic E-state index is 0.367. The Labute approximate surface area is 191 Å². The molecule has 0 saturated heterocycles. The lowest BCUT2D eigenvalue weighted by Crippen LogP contribution is -2.17. The van der Waals surface area contributed by atoms with E-state index in [2.05, 4.69) is 13.8 Å². The molecule has 2 aliphatic carbocycles. The van der Waals surface area contributed by atoms with Gasteiger partial charge in [-0.25, -0.2) is 0 Å². The van der Waals surface area contributed by atoms with E-state index in [0.717, 1.165) is 13.0 Å². The molecule has 0 amide bonds. The van der Waals surface area contributed by atoms with Crippen molar-refractivity contribution in [2.45, 2.75) is 168 Å². The van der Waals surface area contributed by atoms with Gasteiger partial charge in [-0.15, -0.1) is 0 Å². The van der Waals surface area contributed by atoms with E-state index < -0.39 is 0 Å². The van der Waals surface area contributed by atoms with E-state index in [-0.39, 0.29) is 0 Å². The lowest BCUT2D eigenvalue weighted by atomic mass is 9.98. The highest BCUT2D eigenvalue weighted by Gasteiger charge is 2.12. The Kier molecular flexibility index (Phi) is 26.9. The number of aliphatic hydroxyl groups is 1. The van der Waals surface area contributed by atoms with Crippen LogP contribution in [0.2, 0.25) is 0 Å². The molecule has 0 spiro atoms. The summed E-state index contributed by atoms with van der Waals surface area (Å²) in [5, 5.41) is 8.42. The van der Waals surface area contributed by atoms with Crippen molar-refractivity contribution in [3.63, 3.8) is 0 Å². The molecule has 0 aliphatic heterocycles. The van der Waals surface area contributed by atoms with Gasteiger partial charge in [-0.1, -0.05) is 136 Å². The largest absolute Gasteiger partial charge is 0.396 e. The van der Waals surface area contributed by atoms with Crippen LogP contribution in [0.1, 0.15) is 162 Å². The zero-order chi connectivity index (χ0) is 22.0. The molecule has 2 fully saturated rings. The second-order valence-corrected chi connectivity index (χ2v) is 9.51. The summed E-state index contributed by atoms with van der Waals surface area (Å²) in [5.74, 6) is 0. The van der Waals surface area contributed by atoms with Crippen molar-refractivity contribution in [2.24, 2.45) is 0 Å². The first-order chi connectivity index (χ1) is 14.8. The van der Waals surface area contributed by atoms with Crippen LogP contribution >= 0.6 is 0 Å². The number of hydrogen-bond acceptors (Lipinski definition) is 2. The molecular weight excluding hydrogens is 368 g/mol. The molecule has 0 aromatic rings. The van der Waals surface area contributed by atoms with Crippen LogP contribution in [0.3, 0.4) is 0 Å². The standard InChI is InChI=1S/C14H28O.C8H18O.C6H12/c1-2-3-4-5-6-10-13-15-14-11-8-7-9-12-14;1-2-3-4-5-6-7-8-9;1-2-4-6-5-3-1/h14H,2-13H2,1H3;9H,2-8H2,1H3;1-6H2. The van der Waals surface area contributed by atoms with Crippen molar-refractivity contribution in [1.82, 2.24) is 0 Å². The van der Waals surface area contributed by atoms with Crippen LogP contribution in [0.25, 0.3) is 0 Å². The Balaban J connectivity index is 0.000000473. The van der Waals surface area contributed by atoms with Crippen LogP contribution in [0.15, 0.2) is 0 Å². The van der Waals surface area contributed by atoms with Crippen LogP contribution in [0.5, 0.6) is 0 Å². The molecule has 1 N–H and O–H groups in total. The van der Waals surface area contributed by atoms with Crippen LogP contribution in [0.4, 0.5) is 0 Å². The van der Waals surface area contributed by atoms with E-state index in [9.17, 15) is 0 Å². The molecule has 0 aromatic carbocycles. The van der Waals surface area contributed by atoms with E-state index in [0.29, 0.717) is 12.7 Å². The summed E-state index contributed by atoms with van der Waals surface area (Å²) >= 11 is 0. The van der Waals surface area contributed by atoms with E-state index >= 15 is 0 Å². The summed E-state index contributed by atoms with van der Waals surface area (Å²) in [5.41, 5.74) is 0. The molecule has 0 unspecified atom stereocenters. The molecule has 30 heavy (non-hydrogen) atoms. The summed E-state index contributed by atoms with van der Waals surface area (Å²) in [6, 6.07) is 0. The second kappa shape index (κ2) is 27.0. The van der Waals surface area contributed by atoms with E-state index in [1.165, 1.54) is 141 Å². The minimum Gasteiger partial charge on any atom is -0.396 e. The molecule has 0 bridgehead atoms. The lowest BCUT2D eigenvalue weighted by molar-refractivity contribution is 0.0263. The highest BCUT2D eigenvalue weighted by molar-refractivity contribution is 4.64. The number of aliphatic hydroxyl groups excluding tert-OH is 1. The molecule has 182 valence electrons. The molecule has 0 aromatic heterocycles. The first kappa shape index (κ1) is 29.9. The van der Waals surface area contributed by atoms with Crippen molar-refractivity contribution in [3.8, 4) is 0 Å². The maximum atomic E-state index is 8.42. The first-order valence-corrected chi connectivity index (χ1v) is 14.1. The Bertz CT molecular complexity index is 265. The predicted molar refractivity (Wildman–Crippen MR) is 134 cm³/mol. The zero-order valence-electron chi connectivity index (χ0n) is 21.1. The Morgan fingerprint density at radius 1 is 0.533 bits per heavy atom. The summed E-state index contributed by atoms with van der Waals surface area (Å²) in [6.07, 6.45) is 32.2. The average molecular weight is 427 g/mol. The normalized spacial score (nSPS) is 16.9. The summed E-state index contributed by atoms with van der Waals surface area (Å²) in [6.45, 7) is 5.86. The quantitative estimate of drug-likeness (QED) is 0.280. The highest BCUT2D eigenvalue weighted by atomic mass is 16.5. The van der Waals surface area contributed by atoms with Gasteiger partial charge in [0.25, 0.3) is 0 Å². The number of unbranched alkanes of at least 4 members (excludes halogenated alkanes) is 10. The third kappa shape index (κ3) is 24.2. The fourth-order valence-corrected chi connectivity index (χ4v) is 4.32. The van der Waals surface area contributed by atoms with Gasteiger partial charge < -0.3 is 9.84 Å². The van der Waals surface area contributed by atoms with Crippen molar-refractivity contribution >= 4 is 0 Å². The Morgan fingerprint density at radius 3 is 1.40 bits per heavy atom. The molecule has 0 atom stereocenters. The predicted octanol–water partition coefficient (Wildman–Crippen LogP) is 9.38. The smallest absolute Gasteiger partial charge is 0.0575 e. The fraction of sp³-hybridized carbons (Fsp3) is 1.00. The van der Waals surface area contributed by atoms with Gasteiger partial charge in [0.15, 0.2) is 0 Å². The zero-order valence-corrected chi connectivity index (χ0v) is 21.1. The van der Waals surface area contributed by atoms with Gasteiger partial charge in [0, 0.05) is 13.2 Å². The molecule has 0 heterocycles. The highest BCUT2D eigenvalue weighted by Crippen LogP contribution is 2.20. The third-order valence-corrected chi connectivity index (χ3v) is 6.42. The van der Waals surface area contributed by atoms with Gasteiger partial charge in [0.1, 0.15) is 0 Å². The van der Waals surface area contributed by atoms with Gasteiger partial charge in [-0.2, -0.15) is 0 Å². The molecule has 2 heteroatoms. The fourth-order valence-electron chi connectivity index (χ4n) is 4.32. The molecular formula is C28H58O2. The average Bonchev–Trinajstić information content (AvgIpc) is 2.81. The molecule has 2 rings (SSSR count). The molecule has 2 aliphatic rings. The Morgan fingerprint density at radius 2 is 0.933 bits per heavy atom. The SMILES string of the molecule is C1CCCCC1.CCCCCCCCO.CCCCCCCCOC1CCCCC1. The molecule has 2 saturated carbocycles. The van der Waals surface area contributed by atoms with Crippen LogP contribution < -0.4 is 0 Å². The summed E-state index contributed by atoms with van der Waals surface area (Å²) in [4.78, 5) is 0. The van der Waals surface area contributed by atoms with E-state index in [1.54, 1.807) is 0 Å². The van der Waals surface area contributed by atoms with Crippen molar-refractivity contribution in [2.75, 3.05) is 13.2 Å². The van der Waals surface area contributed by atoms with Gasteiger partial charge in [-0.05, 0) is 25.7 Å². The van der Waals surface area contributed by atoms with Crippen molar-refractivity contribution < 1.29 is 9.84 Å². The van der Waals surface area contributed by atoms with Gasteiger partial charge in [0.2, 0.25) is 0 Å². The monoisotopic (exact) mass is 426 g/mol. The Hall–Kier alpha value is -0.0800. The lowest BCUT2D eigenvalue weighted by Gasteiger charge is -2.21. The van der Waals surface area contributed by atoms with Crippen LogP contribution in [0, 0.1) is 0 Å². The van der Waals surface area contributed by atoms with Gasteiger partial charge in [-0.3, -0.25) is 0 Å². The number of hydrogen-bond donors (Lipinski definition) is 1. The molecule has 0 radical (unpaired) electrons. The summed E-state index contributed by atoms with van der Waals surface area (Å²) in [7, 11) is 0. The van der Waals surface area contributed by atoms with Crippen LogP contribution in [-0.2, 0) is 4.74 Å². The van der Waals surface area contributed by atoms with Gasteiger partial charge in [0.05, 0.1) is 6.10 Å². The number of ether oxygens (including phenoxy) is 1. The maximum absolute atomic E-state index is 8.42. The van der Waals surface area contributed by atoms with Crippen molar-refractivity contribution in [3.05, 3.63) is 0 Å². The minimum absolute atomic E-state index is 0.367.